The van der Waals surface area contributed by atoms with E-state index in [0.29, 0.717) is 13.1 Å². The molecule has 13 heteroatoms. The molecule has 0 aromatic heterocycles. The van der Waals surface area contributed by atoms with Gasteiger partial charge in [-0.05, 0) is 54.0 Å². The van der Waals surface area contributed by atoms with Gasteiger partial charge in [0.2, 0.25) is 0 Å². The molecule has 0 spiro atoms. The predicted octanol–water partition coefficient (Wildman–Crippen LogP) is 1.83. The average molecular weight is 565 g/mol. The van der Waals surface area contributed by atoms with E-state index in [4.69, 9.17) is 10.5 Å². The molecule has 1 aromatic rings. The number of carbonyl (C=O) groups excluding carboxylic acids is 4. The number of hydrogen-bond acceptors (Lipinski definition) is 6. The Bertz CT molecular complexity index is 941. The summed E-state index contributed by atoms with van der Waals surface area (Å²) < 4.78 is 5.18. The van der Waals surface area contributed by atoms with Crippen molar-refractivity contribution in [2.75, 3.05) is 26.2 Å². The summed E-state index contributed by atoms with van der Waals surface area (Å²) in [5.41, 5.74) is 6.19. The first-order valence-corrected chi connectivity index (χ1v) is 13.6. The molecular weight excluding hydrogens is 516 g/mol. The van der Waals surface area contributed by atoms with E-state index in [2.05, 4.69) is 31.9 Å². The van der Waals surface area contributed by atoms with Crippen LogP contribution in [0.5, 0.6) is 0 Å². The molecule has 13 nitrogen and oxygen atoms in total. The molecule has 7 amide bonds. The Morgan fingerprint density at radius 1 is 0.800 bits per heavy atom. The Morgan fingerprint density at radius 3 is 1.75 bits per heavy atom. The first-order chi connectivity index (χ1) is 18.7. The number of amides is 7. The summed E-state index contributed by atoms with van der Waals surface area (Å²) in [6.07, 6.45) is -0.561. The van der Waals surface area contributed by atoms with Crippen molar-refractivity contribution in [3.63, 3.8) is 0 Å². The van der Waals surface area contributed by atoms with Crippen molar-refractivity contribution in [2.45, 2.75) is 84.8 Å². The van der Waals surface area contributed by atoms with Crippen LogP contribution in [0, 0.1) is 0 Å². The molecule has 40 heavy (non-hydrogen) atoms. The number of ether oxygens (including phenoxy) is 1. The van der Waals surface area contributed by atoms with Crippen molar-refractivity contribution in [3.05, 3.63) is 35.9 Å². The number of hydrogen-bond donors (Lipinski definition) is 7. The summed E-state index contributed by atoms with van der Waals surface area (Å²) in [4.78, 5) is 50.7. The summed E-state index contributed by atoms with van der Waals surface area (Å²) >= 11 is 0. The zero-order chi connectivity index (χ0) is 30.3. The lowest BCUT2D eigenvalue weighted by atomic mass is 10.2. The molecule has 4 atom stereocenters. The molecule has 0 saturated heterocycles. The Morgan fingerprint density at radius 2 is 1.27 bits per heavy atom. The summed E-state index contributed by atoms with van der Waals surface area (Å²) in [6, 6.07) is 7.29. The third kappa shape index (κ3) is 15.0. The van der Waals surface area contributed by atoms with Gasteiger partial charge < -0.3 is 47.3 Å². The van der Waals surface area contributed by atoms with Gasteiger partial charge in [0.25, 0.3) is 0 Å². The Kier molecular flexibility index (Phi) is 14.6. The van der Waals surface area contributed by atoms with Crippen molar-refractivity contribution >= 4 is 24.2 Å². The maximum absolute atomic E-state index is 12.8. The number of nitrogens with two attached hydrogens (primary N) is 1. The first-order valence-electron chi connectivity index (χ1n) is 13.6. The fraction of sp³-hybridized carbons (Fsp3) is 0.630. The highest BCUT2D eigenvalue weighted by molar-refractivity contribution is 5.76. The van der Waals surface area contributed by atoms with Crippen molar-refractivity contribution in [1.29, 1.82) is 0 Å². The summed E-state index contributed by atoms with van der Waals surface area (Å²) in [6.45, 7) is 13.8. The zero-order valence-corrected chi connectivity index (χ0v) is 24.8. The van der Waals surface area contributed by atoms with Gasteiger partial charge in [-0.2, -0.15) is 0 Å². The first kappa shape index (κ1) is 34.3. The van der Waals surface area contributed by atoms with Gasteiger partial charge in [0, 0.05) is 56.9 Å². The molecular formula is C27H48N8O5. The van der Waals surface area contributed by atoms with Gasteiger partial charge in [0.1, 0.15) is 5.60 Å². The van der Waals surface area contributed by atoms with Gasteiger partial charge in [0.15, 0.2) is 0 Å². The molecule has 0 saturated carbocycles. The number of alkyl carbamates (subject to hydrolysis) is 1. The maximum atomic E-state index is 12.8. The number of rotatable bonds is 13. The van der Waals surface area contributed by atoms with Crippen LogP contribution in [0.25, 0.3) is 0 Å². The van der Waals surface area contributed by atoms with E-state index in [1.54, 1.807) is 46.4 Å². The second kappa shape index (κ2) is 17.1. The van der Waals surface area contributed by atoms with E-state index in [9.17, 15) is 19.2 Å². The third-order valence-corrected chi connectivity index (χ3v) is 5.54. The molecule has 8 N–H and O–H groups in total. The Hall–Kier alpha value is -3.74. The number of nitrogens with one attached hydrogen (secondary N) is 6. The van der Waals surface area contributed by atoms with Gasteiger partial charge >= 0.3 is 24.2 Å². The van der Waals surface area contributed by atoms with E-state index < -0.39 is 23.8 Å². The maximum Gasteiger partial charge on any atom is 0.407 e. The fourth-order valence-corrected chi connectivity index (χ4v) is 3.38. The lowest BCUT2D eigenvalue weighted by molar-refractivity contribution is 0.0508. The number of benzene rings is 1. The zero-order valence-electron chi connectivity index (χ0n) is 24.8. The van der Waals surface area contributed by atoms with Gasteiger partial charge in [-0.15, -0.1) is 0 Å². The molecule has 0 aliphatic heterocycles. The summed E-state index contributed by atoms with van der Waals surface area (Å²) in [5, 5.41) is 16.3. The lowest BCUT2D eigenvalue weighted by Gasteiger charge is -2.29. The van der Waals surface area contributed by atoms with E-state index in [-0.39, 0.29) is 49.8 Å². The molecule has 0 heterocycles. The van der Waals surface area contributed by atoms with E-state index in [1.165, 1.54) is 0 Å². The molecule has 0 fully saturated rings. The van der Waals surface area contributed by atoms with Crippen molar-refractivity contribution in [1.82, 2.24) is 36.8 Å². The van der Waals surface area contributed by atoms with Crippen molar-refractivity contribution < 1.29 is 23.9 Å². The number of carbonyl (C=O) groups is 4. The lowest BCUT2D eigenvalue weighted by Crippen LogP contribution is -2.53. The van der Waals surface area contributed by atoms with Gasteiger partial charge in [-0.3, -0.25) is 0 Å². The standard InChI is InChI=1S/C27H48N8O5/c1-18(32-24(37)30-15-20(3)34-26(39)40-27(5,6)7)14-29-23(36)33-19(2)16-31-25(38)35(21(4)13-28)17-22-11-9-8-10-12-22/h8-12,18-21H,13-17,28H2,1-7H3,(H,31,38)(H,34,39)(H2,29,33,36)(H2,30,32,37). The van der Waals surface area contributed by atoms with E-state index in [1.807, 2.05) is 37.3 Å². The molecule has 1 rings (SSSR count). The minimum Gasteiger partial charge on any atom is -0.444 e. The molecule has 226 valence electrons. The van der Waals surface area contributed by atoms with Crippen LogP contribution in [0.3, 0.4) is 0 Å². The highest BCUT2D eigenvalue weighted by Gasteiger charge is 2.21. The minimum absolute atomic E-state index is 0.164. The third-order valence-electron chi connectivity index (χ3n) is 5.54. The minimum atomic E-state index is -0.609. The van der Waals surface area contributed by atoms with Crippen LogP contribution >= 0.6 is 0 Å². The largest absolute Gasteiger partial charge is 0.444 e. The van der Waals surface area contributed by atoms with E-state index >= 15 is 0 Å². The van der Waals surface area contributed by atoms with E-state index in [0.717, 1.165) is 5.56 Å². The Balaban J connectivity index is 2.34. The van der Waals surface area contributed by atoms with Gasteiger partial charge in [0.05, 0.1) is 0 Å². The second-order valence-electron chi connectivity index (χ2n) is 10.9. The van der Waals surface area contributed by atoms with Crippen LogP contribution < -0.4 is 37.6 Å². The van der Waals surface area contributed by atoms with Crippen LogP contribution in [0.1, 0.15) is 54.0 Å². The summed E-state index contributed by atoms with van der Waals surface area (Å²) in [7, 11) is 0. The van der Waals surface area contributed by atoms with Crippen molar-refractivity contribution in [3.8, 4) is 0 Å². The quantitative estimate of drug-likeness (QED) is 0.192. The highest BCUT2D eigenvalue weighted by atomic mass is 16.6. The Labute approximate surface area is 237 Å². The van der Waals surface area contributed by atoms with Gasteiger partial charge in [-0.25, -0.2) is 19.2 Å². The van der Waals surface area contributed by atoms with Crippen molar-refractivity contribution in [2.24, 2.45) is 5.73 Å². The topological polar surface area (TPSA) is 179 Å². The second-order valence-corrected chi connectivity index (χ2v) is 10.9. The summed E-state index contributed by atoms with van der Waals surface area (Å²) in [5.74, 6) is 0. The number of nitrogens with zero attached hydrogens (tertiary/aromatic N) is 1. The predicted molar refractivity (Wildman–Crippen MR) is 155 cm³/mol. The van der Waals surface area contributed by atoms with Crippen LogP contribution in [0.4, 0.5) is 19.2 Å². The molecule has 0 aliphatic rings. The van der Waals surface area contributed by atoms with Gasteiger partial charge in [-0.1, -0.05) is 30.3 Å². The molecule has 1 aromatic carbocycles. The van der Waals surface area contributed by atoms with Crippen LogP contribution in [-0.4, -0.2) is 85.0 Å². The SMILES string of the molecule is CC(CNC(=O)NC(C)CNC(=O)N(Cc1ccccc1)C(C)CN)NC(=O)NCC(C)NC(=O)OC(C)(C)C. The highest BCUT2D eigenvalue weighted by Crippen LogP contribution is 2.08. The monoisotopic (exact) mass is 564 g/mol. The molecule has 0 radical (unpaired) electrons. The molecule has 0 aliphatic carbocycles. The molecule has 0 bridgehead atoms. The molecule has 4 unspecified atom stereocenters. The number of urea groups is 3. The fourth-order valence-electron chi connectivity index (χ4n) is 3.38. The van der Waals surface area contributed by atoms with Crippen LogP contribution in [-0.2, 0) is 11.3 Å². The van der Waals surface area contributed by atoms with Crippen LogP contribution in [0.15, 0.2) is 30.3 Å². The smallest absolute Gasteiger partial charge is 0.407 e. The van der Waals surface area contributed by atoms with Crippen LogP contribution in [0.2, 0.25) is 0 Å². The average Bonchev–Trinajstić information content (AvgIpc) is 2.87. The normalized spacial score (nSPS) is 14.0.